The van der Waals surface area contributed by atoms with Crippen LogP contribution >= 0.6 is 0 Å². The highest BCUT2D eigenvalue weighted by atomic mass is 16.5. The van der Waals surface area contributed by atoms with Crippen molar-refractivity contribution >= 4 is 5.96 Å². The van der Waals surface area contributed by atoms with Crippen molar-refractivity contribution in [3.63, 3.8) is 0 Å². The molecule has 0 aromatic carbocycles. The number of hydrogen-bond donors (Lipinski definition) is 2. The lowest BCUT2D eigenvalue weighted by atomic mass is 9.99. The van der Waals surface area contributed by atoms with Gasteiger partial charge in [-0.1, -0.05) is 6.92 Å². The van der Waals surface area contributed by atoms with Crippen LogP contribution in [-0.4, -0.2) is 63.8 Å². The van der Waals surface area contributed by atoms with Crippen molar-refractivity contribution in [3.05, 3.63) is 0 Å². The van der Waals surface area contributed by atoms with Gasteiger partial charge in [-0.3, -0.25) is 4.99 Å². The van der Waals surface area contributed by atoms with Crippen LogP contribution in [0.4, 0.5) is 0 Å². The highest BCUT2D eigenvalue weighted by Crippen LogP contribution is 2.16. The van der Waals surface area contributed by atoms with E-state index in [2.05, 4.69) is 34.4 Å². The molecule has 0 atom stereocenters. The molecule has 0 bridgehead atoms. The van der Waals surface area contributed by atoms with Gasteiger partial charge in [-0.25, -0.2) is 0 Å². The molecule has 1 heterocycles. The summed E-state index contributed by atoms with van der Waals surface area (Å²) in [6, 6.07) is 0. The Kier molecular flexibility index (Phi) is 10.3. The number of likely N-dealkylation sites (tertiary alicyclic amines) is 1. The fourth-order valence-corrected chi connectivity index (χ4v) is 2.54. The average molecular weight is 298 g/mol. The number of aliphatic imine (C=N–C) groups is 1. The summed E-state index contributed by atoms with van der Waals surface area (Å²) >= 11 is 0. The van der Waals surface area contributed by atoms with Crippen molar-refractivity contribution in [1.82, 2.24) is 15.5 Å². The van der Waals surface area contributed by atoms with Gasteiger partial charge in [0.25, 0.3) is 0 Å². The third-order valence-corrected chi connectivity index (χ3v) is 3.97. The second kappa shape index (κ2) is 11.8. The fraction of sp³-hybridized carbons (Fsp3) is 0.938. The predicted octanol–water partition coefficient (Wildman–Crippen LogP) is 1.70. The van der Waals surface area contributed by atoms with Gasteiger partial charge in [0.1, 0.15) is 0 Å². The van der Waals surface area contributed by atoms with Gasteiger partial charge in [-0.05, 0) is 58.2 Å². The zero-order valence-corrected chi connectivity index (χ0v) is 14.2. The van der Waals surface area contributed by atoms with Gasteiger partial charge < -0.3 is 20.3 Å². The Morgan fingerprint density at radius 1 is 1.24 bits per heavy atom. The number of nitrogens with zero attached hydrogens (tertiary/aromatic N) is 2. The Hall–Kier alpha value is -0.810. The largest absolute Gasteiger partial charge is 0.383 e. The lowest BCUT2D eigenvalue weighted by Gasteiger charge is -2.30. The summed E-state index contributed by atoms with van der Waals surface area (Å²) in [6.45, 7) is 11.5. The zero-order chi connectivity index (χ0) is 15.3. The third kappa shape index (κ3) is 8.94. The molecule has 2 N–H and O–H groups in total. The second-order valence-electron chi connectivity index (χ2n) is 5.91. The molecule has 0 aliphatic carbocycles. The Labute approximate surface area is 130 Å². The molecule has 5 heteroatoms. The molecule has 0 amide bonds. The Balaban J connectivity index is 2.09. The topological polar surface area (TPSA) is 48.9 Å². The summed E-state index contributed by atoms with van der Waals surface area (Å²) in [6.07, 6.45) is 5.14. The molecular formula is C16H34N4O. The number of methoxy groups -OCH3 is 1. The fourth-order valence-electron chi connectivity index (χ4n) is 2.54. The smallest absolute Gasteiger partial charge is 0.191 e. The first kappa shape index (κ1) is 18.2. The number of nitrogens with one attached hydrogen (secondary N) is 2. The molecule has 0 aromatic rings. The Morgan fingerprint density at radius 3 is 2.67 bits per heavy atom. The molecule has 1 aliphatic rings. The normalized spacial score (nSPS) is 18.0. The van der Waals surface area contributed by atoms with Crippen molar-refractivity contribution in [2.75, 3.05) is 53.0 Å². The van der Waals surface area contributed by atoms with Crippen molar-refractivity contribution in [3.8, 4) is 0 Å². The van der Waals surface area contributed by atoms with Gasteiger partial charge in [0.15, 0.2) is 5.96 Å². The first-order valence-electron chi connectivity index (χ1n) is 8.49. The van der Waals surface area contributed by atoms with Gasteiger partial charge in [0.05, 0.1) is 6.61 Å². The van der Waals surface area contributed by atoms with Gasteiger partial charge in [0.2, 0.25) is 0 Å². The third-order valence-electron chi connectivity index (χ3n) is 3.97. The maximum atomic E-state index is 5.04. The maximum absolute atomic E-state index is 5.04. The highest BCUT2D eigenvalue weighted by molar-refractivity contribution is 5.79. The minimum absolute atomic E-state index is 0.706. The van der Waals surface area contributed by atoms with Crippen molar-refractivity contribution in [2.45, 2.75) is 39.5 Å². The van der Waals surface area contributed by atoms with Crippen LogP contribution in [0.5, 0.6) is 0 Å². The minimum atomic E-state index is 0.706. The second-order valence-corrected chi connectivity index (χ2v) is 5.91. The van der Waals surface area contributed by atoms with Crippen LogP contribution in [-0.2, 0) is 4.74 Å². The summed E-state index contributed by atoms with van der Waals surface area (Å²) in [4.78, 5) is 7.20. The molecule has 21 heavy (non-hydrogen) atoms. The molecular weight excluding hydrogens is 264 g/mol. The van der Waals surface area contributed by atoms with Crippen LogP contribution in [0.15, 0.2) is 4.99 Å². The van der Waals surface area contributed by atoms with E-state index >= 15 is 0 Å². The Bertz CT molecular complexity index is 275. The van der Waals surface area contributed by atoms with Crippen LogP contribution in [0.3, 0.4) is 0 Å². The SMILES string of the molecule is CCNC(=NCCCCN1CCC(C)CC1)NCCOC. The average Bonchev–Trinajstić information content (AvgIpc) is 2.49. The van der Waals surface area contributed by atoms with E-state index in [0.717, 1.165) is 37.9 Å². The molecule has 1 aliphatic heterocycles. The molecule has 0 spiro atoms. The molecule has 124 valence electrons. The molecule has 0 saturated carbocycles. The van der Waals surface area contributed by atoms with Gasteiger partial charge in [0, 0.05) is 26.7 Å². The molecule has 1 saturated heterocycles. The minimum Gasteiger partial charge on any atom is -0.383 e. The predicted molar refractivity (Wildman–Crippen MR) is 89.9 cm³/mol. The van der Waals surface area contributed by atoms with Gasteiger partial charge in [-0.15, -0.1) is 0 Å². The summed E-state index contributed by atoms with van der Waals surface area (Å²) in [7, 11) is 1.72. The number of unbranched alkanes of at least 4 members (excludes halogenated alkanes) is 1. The van der Waals surface area contributed by atoms with Crippen LogP contribution in [0.25, 0.3) is 0 Å². The van der Waals surface area contributed by atoms with Gasteiger partial charge in [-0.2, -0.15) is 0 Å². The highest BCUT2D eigenvalue weighted by Gasteiger charge is 2.14. The summed E-state index contributed by atoms with van der Waals surface area (Å²) < 4.78 is 5.04. The first-order valence-corrected chi connectivity index (χ1v) is 8.49. The molecule has 0 radical (unpaired) electrons. The van der Waals surface area contributed by atoms with E-state index in [4.69, 9.17) is 4.74 Å². The number of piperidine rings is 1. The van der Waals surface area contributed by atoms with E-state index in [-0.39, 0.29) is 0 Å². The summed E-state index contributed by atoms with van der Waals surface area (Å²) in [5.41, 5.74) is 0. The van der Waals surface area contributed by atoms with E-state index < -0.39 is 0 Å². The first-order chi connectivity index (χ1) is 10.3. The molecule has 1 rings (SSSR count). The number of ether oxygens (including phenoxy) is 1. The monoisotopic (exact) mass is 298 g/mol. The standard InChI is InChI=1S/C16H34N4O/c1-4-17-16(19-10-14-21-3)18-9-5-6-11-20-12-7-15(2)8-13-20/h15H,4-14H2,1-3H3,(H2,17,18,19). The zero-order valence-electron chi connectivity index (χ0n) is 14.2. The quantitative estimate of drug-likeness (QED) is 0.386. The summed E-state index contributed by atoms with van der Waals surface area (Å²) in [5.74, 6) is 1.83. The number of guanidine groups is 1. The van der Waals surface area contributed by atoms with Crippen molar-refractivity contribution in [1.29, 1.82) is 0 Å². The van der Waals surface area contributed by atoms with Crippen LogP contribution in [0.1, 0.15) is 39.5 Å². The summed E-state index contributed by atoms with van der Waals surface area (Å²) in [5, 5.41) is 6.53. The Morgan fingerprint density at radius 2 is 2.00 bits per heavy atom. The van der Waals surface area contributed by atoms with E-state index in [1.165, 1.54) is 38.9 Å². The number of rotatable bonds is 9. The van der Waals surface area contributed by atoms with Crippen LogP contribution in [0.2, 0.25) is 0 Å². The molecule has 1 fully saturated rings. The maximum Gasteiger partial charge on any atom is 0.191 e. The van der Waals surface area contributed by atoms with E-state index in [9.17, 15) is 0 Å². The van der Waals surface area contributed by atoms with Crippen LogP contribution in [0, 0.1) is 5.92 Å². The van der Waals surface area contributed by atoms with Gasteiger partial charge >= 0.3 is 0 Å². The van der Waals surface area contributed by atoms with Crippen LogP contribution < -0.4 is 10.6 Å². The van der Waals surface area contributed by atoms with E-state index in [1.54, 1.807) is 7.11 Å². The molecule has 5 nitrogen and oxygen atoms in total. The van der Waals surface area contributed by atoms with E-state index in [1.807, 2.05) is 0 Å². The molecule has 0 unspecified atom stereocenters. The van der Waals surface area contributed by atoms with E-state index in [0.29, 0.717) is 6.61 Å². The lowest BCUT2D eigenvalue weighted by Crippen LogP contribution is -2.39. The van der Waals surface area contributed by atoms with Crippen molar-refractivity contribution in [2.24, 2.45) is 10.9 Å². The molecule has 0 aromatic heterocycles. The lowest BCUT2D eigenvalue weighted by molar-refractivity contribution is 0.190. The number of hydrogen-bond acceptors (Lipinski definition) is 3. The van der Waals surface area contributed by atoms with Crippen molar-refractivity contribution < 1.29 is 4.74 Å².